The molecule has 5 heteroatoms. The number of nitrogens with one attached hydrogen (secondary N) is 1. The van der Waals surface area contributed by atoms with Gasteiger partial charge in [0.05, 0.1) is 18.8 Å². The molecule has 0 bridgehead atoms. The maximum Gasteiger partial charge on any atom is 0.0929 e. The third-order valence-electron chi connectivity index (χ3n) is 3.84. The van der Waals surface area contributed by atoms with Crippen molar-refractivity contribution in [3.8, 4) is 0 Å². The summed E-state index contributed by atoms with van der Waals surface area (Å²) in [7, 11) is 0. The fourth-order valence-electron chi connectivity index (χ4n) is 2.65. The molecule has 1 aliphatic carbocycles. The Morgan fingerprint density at radius 1 is 1.24 bits per heavy atom. The highest BCUT2D eigenvalue weighted by atomic mass is 35.5. The van der Waals surface area contributed by atoms with E-state index in [-0.39, 0.29) is 0 Å². The summed E-state index contributed by atoms with van der Waals surface area (Å²) in [6.07, 6.45) is 6.03. The SMILES string of the molecule is OC(CNCCOC1CCCCC1)c1cc(Cl)ccc1Cl. The molecule has 0 spiro atoms. The average molecular weight is 332 g/mol. The Bertz CT molecular complexity index is 436. The Morgan fingerprint density at radius 3 is 2.76 bits per heavy atom. The quantitative estimate of drug-likeness (QED) is 0.743. The maximum absolute atomic E-state index is 10.1. The zero-order valence-electron chi connectivity index (χ0n) is 12.2. The molecule has 1 aromatic carbocycles. The number of aliphatic hydroxyl groups is 1. The van der Waals surface area contributed by atoms with Crippen LogP contribution in [-0.4, -0.2) is 30.9 Å². The van der Waals surface area contributed by atoms with E-state index in [9.17, 15) is 5.11 Å². The first kappa shape index (κ1) is 17.0. The number of benzene rings is 1. The lowest BCUT2D eigenvalue weighted by Gasteiger charge is -2.22. The van der Waals surface area contributed by atoms with Crippen LogP contribution in [0.4, 0.5) is 0 Å². The van der Waals surface area contributed by atoms with E-state index in [1.54, 1.807) is 18.2 Å². The first-order valence-corrected chi connectivity index (χ1v) is 8.38. The summed E-state index contributed by atoms with van der Waals surface area (Å²) in [4.78, 5) is 0. The fourth-order valence-corrected chi connectivity index (χ4v) is 3.07. The molecule has 118 valence electrons. The minimum Gasteiger partial charge on any atom is -0.387 e. The van der Waals surface area contributed by atoms with Crippen molar-refractivity contribution in [2.24, 2.45) is 0 Å². The van der Waals surface area contributed by atoms with Crippen molar-refractivity contribution in [2.45, 2.75) is 44.3 Å². The molecule has 0 saturated heterocycles. The second-order valence-electron chi connectivity index (χ2n) is 5.52. The molecule has 2 rings (SSSR count). The van der Waals surface area contributed by atoms with Gasteiger partial charge in [0.25, 0.3) is 0 Å². The molecule has 0 radical (unpaired) electrons. The number of rotatable bonds is 7. The number of hydrogen-bond donors (Lipinski definition) is 2. The van der Waals surface area contributed by atoms with Gasteiger partial charge in [-0.3, -0.25) is 0 Å². The second-order valence-corrected chi connectivity index (χ2v) is 6.36. The Kier molecular flexibility index (Phi) is 7.27. The molecule has 0 heterocycles. The van der Waals surface area contributed by atoms with Crippen LogP contribution in [0.15, 0.2) is 18.2 Å². The Balaban J connectivity index is 1.64. The molecule has 21 heavy (non-hydrogen) atoms. The number of halogens is 2. The Morgan fingerprint density at radius 2 is 2.00 bits per heavy atom. The van der Waals surface area contributed by atoms with Crippen LogP contribution in [0.25, 0.3) is 0 Å². The van der Waals surface area contributed by atoms with E-state index < -0.39 is 6.10 Å². The van der Waals surface area contributed by atoms with Gasteiger partial charge in [0, 0.05) is 28.7 Å². The van der Waals surface area contributed by atoms with E-state index in [1.807, 2.05) is 0 Å². The third-order valence-corrected chi connectivity index (χ3v) is 4.42. The fraction of sp³-hybridized carbons (Fsp3) is 0.625. The van der Waals surface area contributed by atoms with Crippen molar-refractivity contribution in [1.29, 1.82) is 0 Å². The van der Waals surface area contributed by atoms with Crippen molar-refractivity contribution < 1.29 is 9.84 Å². The molecule has 3 nitrogen and oxygen atoms in total. The van der Waals surface area contributed by atoms with Crippen molar-refractivity contribution in [3.05, 3.63) is 33.8 Å². The van der Waals surface area contributed by atoms with Crippen LogP contribution >= 0.6 is 23.2 Å². The zero-order chi connectivity index (χ0) is 15.1. The molecular formula is C16H23Cl2NO2. The normalized spacial score (nSPS) is 17.9. The van der Waals surface area contributed by atoms with Crippen molar-refractivity contribution >= 4 is 23.2 Å². The van der Waals surface area contributed by atoms with Gasteiger partial charge < -0.3 is 15.2 Å². The maximum atomic E-state index is 10.1. The molecule has 1 fully saturated rings. The van der Waals surface area contributed by atoms with Crippen LogP contribution in [0.1, 0.15) is 43.8 Å². The predicted octanol–water partition coefficient (Wildman–Crippen LogP) is 3.97. The summed E-state index contributed by atoms with van der Waals surface area (Å²) in [6, 6.07) is 5.12. The summed E-state index contributed by atoms with van der Waals surface area (Å²) < 4.78 is 5.82. The summed E-state index contributed by atoms with van der Waals surface area (Å²) in [5.74, 6) is 0. The zero-order valence-corrected chi connectivity index (χ0v) is 13.7. The van der Waals surface area contributed by atoms with Gasteiger partial charge in [-0.05, 0) is 31.0 Å². The number of hydrogen-bond acceptors (Lipinski definition) is 3. The number of ether oxygens (including phenoxy) is 1. The van der Waals surface area contributed by atoms with Crippen molar-refractivity contribution in [1.82, 2.24) is 5.32 Å². The summed E-state index contributed by atoms with van der Waals surface area (Å²) in [5.41, 5.74) is 0.657. The molecule has 1 aromatic rings. The van der Waals surface area contributed by atoms with Gasteiger partial charge in [0.2, 0.25) is 0 Å². The van der Waals surface area contributed by atoms with Crippen molar-refractivity contribution in [2.75, 3.05) is 19.7 Å². The van der Waals surface area contributed by atoms with Crippen LogP contribution in [0.3, 0.4) is 0 Å². The molecule has 0 aromatic heterocycles. The predicted molar refractivity (Wildman–Crippen MR) is 87.1 cm³/mol. The second kappa shape index (κ2) is 8.96. The van der Waals surface area contributed by atoms with Crippen LogP contribution in [0.2, 0.25) is 10.0 Å². The lowest BCUT2D eigenvalue weighted by Crippen LogP contribution is -2.27. The minimum absolute atomic E-state index is 0.424. The van der Waals surface area contributed by atoms with Gasteiger partial charge in [-0.2, -0.15) is 0 Å². The third kappa shape index (κ3) is 5.76. The lowest BCUT2D eigenvalue weighted by atomic mass is 9.98. The van der Waals surface area contributed by atoms with E-state index in [2.05, 4.69) is 5.32 Å². The Hall–Kier alpha value is -0.320. The topological polar surface area (TPSA) is 41.5 Å². The smallest absolute Gasteiger partial charge is 0.0929 e. The Labute approximate surface area is 136 Å². The van der Waals surface area contributed by atoms with E-state index >= 15 is 0 Å². The van der Waals surface area contributed by atoms with Gasteiger partial charge in [-0.15, -0.1) is 0 Å². The lowest BCUT2D eigenvalue weighted by molar-refractivity contribution is 0.0292. The van der Waals surface area contributed by atoms with Crippen LogP contribution < -0.4 is 5.32 Å². The molecule has 0 aliphatic heterocycles. The highest BCUT2D eigenvalue weighted by Crippen LogP contribution is 2.26. The summed E-state index contributed by atoms with van der Waals surface area (Å²) >= 11 is 12.0. The van der Waals surface area contributed by atoms with Gasteiger partial charge >= 0.3 is 0 Å². The molecule has 1 unspecified atom stereocenters. The molecule has 0 amide bonds. The summed E-state index contributed by atoms with van der Waals surface area (Å²) in [5, 5.41) is 14.4. The molecule has 1 aliphatic rings. The van der Waals surface area contributed by atoms with Gasteiger partial charge in [-0.1, -0.05) is 42.5 Å². The largest absolute Gasteiger partial charge is 0.387 e. The van der Waals surface area contributed by atoms with Gasteiger partial charge in [0.1, 0.15) is 0 Å². The van der Waals surface area contributed by atoms with Gasteiger partial charge in [-0.25, -0.2) is 0 Å². The summed E-state index contributed by atoms with van der Waals surface area (Å²) in [6.45, 7) is 1.85. The minimum atomic E-state index is -0.661. The highest BCUT2D eigenvalue weighted by molar-refractivity contribution is 6.33. The van der Waals surface area contributed by atoms with Gasteiger partial charge in [0.15, 0.2) is 0 Å². The number of aliphatic hydroxyl groups excluding tert-OH is 1. The van der Waals surface area contributed by atoms with Crippen molar-refractivity contribution in [3.63, 3.8) is 0 Å². The van der Waals surface area contributed by atoms with E-state index in [0.717, 1.165) is 6.54 Å². The average Bonchev–Trinajstić information content (AvgIpc) is 2.50. The first-order chi connectivity index (χ1) is 10.2. The molecule has 1 atom stereocenters. The molecular weight excluding hydrogens is 309 g/mol. The van der Waals surface area contributed by atoms with Crippen LogP contribution in [-0.2, 0) is 4.74 Å². The molecule has 2 N–H and O–H groups in total. The standard InChI is InChI=1S/C16H23Cl2NO2/c17-12-6-7-15(18)14(10-12)16(20)11-19-8-9-21-13-4-2-1-3-5-13/h6-7,10,13,16,19-20H,1-5,8-9,11H2. The highest BCUT2D eigenvalue weighted by Gasteiger charge is 2.14. The first-order valence-electron chi connectivity index (χ1n) is 7.62. The van der Waals surface area contributed by atoms with Crippen LogP contribution in [0.5, 0.6) is 0 Å². The molecule has 1 saturated carbocycles. The monoisotopic (exact) mass is 331 g/mol. The van der Waals surface area contributed by atoms with E-state index in [4.69, 9.17) is 27.9 Å². The van der Waals surface area contributed by atoms with Crippen LogP contribution in [0, 0.1) is 0 Å². The van der Waals surface area contributed by atoms with E-state index in [1.165, 1.54) is 32.1 Å². The van der Waals surface area contributed by atoms with E-state index in [0.29, 0.717) is 34.9 Å².